The highest BCUT2D eigenvalue weighted by Crippen LogP contribution is 2.55. The van der Waals surface area contributed by atoms with E-state index in [2.05, 4.69) is 64.5 Å². The van der Waals surface area contributed by atoms with E-state index < -0.39 is 35.4 Å². The molecule has 4 aromatic rings. The molecule has 7 rings (SSSR count). The summed E-state index contributed by atoms with van der Waals surface area (Å²) in [6.45, 7) is 19.9. The largest absolute Gasteiger partial charge is 0.489 e. The average molecular weight is 982 g/mol. The van der Waals surface area contributed by atoms with Crippen molar-refractivity contribution < 1.29 is 33.8 Å². The summed E-state index contributed by atoms with van der Waals surface area (Å²) in [5.74, 6) is -0.798. The first-order valence-electron chi connectivity index (χ1n) is 23.5. The number of aliphatic hydroxyl groups is 1. The van der Waals surface area contributed by atoms with Gasteiger partial charge in [-0.2, -0.15) is 5.26 Å². The standard InChI is InChI=1S/C52H65ClN8O7S/c1-32-43(69-31-56-32)34-11-9-33(10-12-34)28-55-46(65)41-25-38(62)29-61(41)47(66)44(50(2,3)4)57-42(63)30-67-24-23-59-19-21-60(22-20-59)37-16-13-35(14-17-37)45(64)58-48-51(5,6)49(52(48,7)8)68-39-18-15-36(27-54)40(53)26-39/h9-18,26,31,38,41,44,48-49,62H,19-25,28-30H2,1-8H3,(H,55,65)(H,57,63)(H,58,64)/t38-,41+,44?,48?,49?/m1/s1. The van der Waals surface area contributed by atoms with Crippen molar-refractivity contribution in [1.82, 2.24) is 30.7 Å². The molecule has 69 heavy (non-hydrogen) atoms. The quantitative estimate of drug-likeness (QED) is 0.0936. The fourth-order valence-corrected chi connectivity index (χ4v) is 11.2. The number of ether oxygens (including phenoxy) is 2. The summed E-state index contributed by atoms with van der Waals surface area (Å²) in [6, 6.07) is 20.7. The van der Waals surface area contributed by atoms with Crippen LogP contribution in [0.2, 0.25) is 5.02 Å². The molecule has 15 nitrogen and oxygen atoms in total. The first kappa shape index (κ1) is 51.3. The van der Waals surface area contributed by atoms with Gasteiger partial charge < -0.3 is 40.3 Å². The van der Waals surface area contributed by atoms with Crippen molar-refractivity contribution in [1.29, 1.82) is 5.26 Å². The number of carbonyl (C=O) groups is 4. The molecular formula is C52H65ClN8O7S. The number of nitrogens with zero attached hydrogens (tertiary/aromatic N) is 5. The molecule has 1 unspecified atom stereocenters. The van der Waals surface area contributed by atoms with E-state index in [1.54, 1.807) is 29.5 Å². The zero-order valence-corrected chi connectivity index (χ0v) is 42.4. The van der Waals surface area contributed by atoms with Crippen molar-refractivity contribution in [2.24, 2.45) is 16.2 Å². The number of hydrogen-bond donors (Lipinski definition) is 4. The molecule has 3 aromatic carbocycles. The van der Waals surface area contributed by atoms with Gasteiger partial charge in [0, 0.05) is 86.4 Å². The molecule has 0 spiro atoms. The number of aryl methyl sites for hydroxylation is 1. The maximum absolute atomic E-state index is 14.1. The number of carbonyl (C=O) groups excluding carboxylic acids is 4. The van der Waals surface area contributed by atoms with Gasteiger partial charge in [-0.1, -0.05) is 84.3 Å². The van der Waals surface area contributed by atoms with Crippen molar-refractivity contribution in [3.05, 3.63) is 99.6 Å². The van der Waals surface area contributed by atoms with Gasteiger partial charge in [0.2, 0.25) is 17.7 Å². The Hall–Kier alpha value is -5.57. The number of rotatable bonds is 16. The Morgan fingerprint density at radius 2 is 1.67 bits per heavy atom. The first-order chi connectivity index (χ1) is 32.7. The van der Waals surface area contributed by atoms with E-state index in [-0.39, 0.29) is 60.9 Å². The number of halogens is 1. The molecule has 4 N–H and O–H groups in total. The minimum absolute atomic E-state index is 0.00949. The summed E-state index contributed by atoms with van der Waals surface area (Å²) in [6.07, 6.45) is -0.970. The van der Waals surface area contributed by atoms with Crippen LogP contribution in [0.5, 0.6) is 5.75 Å². The highest BCUT2D eigenvalue weighted by atomic mass is 35.5. The lowest BCUT2D eigenvalue weighted by molar-refractivity contribution is -0.164. The normalized spacial score (nSPS) is 21.4. The highest BCUT2D eigenvalue weighted by Gasteiger charge is 2.64. The monoisotopic (exact) mass is 980 g/mol. The van der Waals surface area contributed by atoms with E-state index in [0.29, 0.717) is 35.1 Å². The van der Waals surface area contributed by atoms with Crippen LogP contribution in [-0.4, -0.2) is 126 Å². The summed E-state index contributed by atoms with van der Waals surface area (Å²) in [5, 5.41) is 29.2. The Balaban J connectivity index is 0.823. The molecule has 2 saturated heterocycles. The number of aliphatic hydroxyl groups excluding tert-OH is 1. The van der Waals surface area contributed by atoms with Gasteiger partial charge in [-0.05, 0) is 59.9 Å². The SMILES string of the molecule is Cc1ncsc1-c1ccc(CNC(=O)[C@@H]2C[C@@H](O)CN2C(=O)C(NC(=O)COCCN2CCN(c3ccc(C(=O)NC4C(C)(C)C(Oc5ccc(C#N)c(Cl)c5)C4(C)C)cc3)CC2)C(C)(C)C)cc1. The maximum Gasteiger partial charge on any atom is 0.251 e. The molecule has 0 radical (unpaired) electrons. The average Bonchev–Trinajstić information content (AvgIpc) is 3.94. The Bertz CT molecular complexity index is 2510. The molecule has 3 fully saturated rings. The fourth-order valence-electron chi connectivity index (χ4n) is 10.2. The lowest BCUT2D eigenvalue weighted by Gasteiger charge is -2.63. The number of thiazole rings is 1. The highest BCUT2D eigenvalue weighted by molar-refractivity contribution is 7.13. The number of piperazine rings is 1. The van der Waals surface area contributed by atoms with Gasteiger partial charge in [0.15, 0.2) is 0 Å². The second-order valence-electron chi connectivity index (χ2n) is 20.7. The molecule has 1 aliphatic carbocycles. The molecule has 1 aromatic heterocycles. The third kappa shape index (κ3) is 11.7. The van der Waals surface area contributed by atoms with Gasteiger partial charge in [0.05, 0.1) is 39.4 Å². The van der Waals surface area contributed by atoms with E-state index in [1.807, 2.05) is 81.7 Å². The minimum atomic E-state index is -0.953. The van der Waals surface area contributed by atoms with E-state index in [0.717, 1.165) is 53.6 Å². The molecule has 1 saturated carbocycles. The zero-order chi connectivity index (χ0) is 49.8. The Morgan fingerprint density at radius 3 is 2.28 bits per heavy atom. The third-order valence-corrected chi connectivity index (χ3v) is 15.1. The number of benzene rings is 3. The third-order valence-electron chi connectivity index (χ3n) is 13.8. The van der Waals surface area contributed by atoms with Crippen molar-refractivity contribution in [3.63, 3.8) is 0 Å². The van der Waals surface area contributed by atoms with E-state index in [9.17, 15) is 29.5 Å². The molecule has 368 valence electrons. The molecule has 2 aliphatic heterocycles. The van der Waals surface area contributed by atoms with Crippen molar-refractivity contribution in [2.75, 3.05) is 57.4 Å². The van der Waals surface area contributed by atoms with Crippen molar-refractivity contribution in [2.45, 2.75) is 98.7 Å². The van der Waals surface area contributed by atoms with Crippen LogP contribution in [0.1, 0.15) is 82.1 Å². The van der Waals surface area contributed by atoms with Crippen molar-refractivity contribution in [3.8, 4) is 22.3 Å². The summed E-state index contributed by atoms with van der Waals surface area (Å²) >= 11 is 7.83. The van der Waals surface area contributed by atoms with Crippen LogP contribution < -0.4 is 25.6 Å². The maximum atomic E-state index is 14.1. The van der Waals surface area contributed by atoms with Gasteiger partial charge in [0.1, 0.15) is 36.6 Å². The zero-order valence-electron chi connectivity index (χ0n) is 40.8. The van der Waals surface area contributed by atoms with E-state index in [4.69, 9.17) is 21.1 Å². The number of aromatic nitrogens is 1. The Labute approximate surface area is 414 Å². The predicted octanol–water partition coefficient (Wildman–Crippen LogP) is 6.20. The summed E-state index contributed by atoms with van der Waals surface area (Å²) < 4.78 is 12.2. The topological polar surface area (TPSA) is 189 Å². The van der Waals surface area contributed by atoms with Gasteiger partial charge in [0.25, 0.3) is 5.91 Å². The van der Waals surface area contributed by atoms with Gasteiger partial charge in [-0.25, -0.2) is 4.98 Å². The lowest BCUT2D eigenvalue weighted by Crippen LogP contribution is -2.74. The fraction of sp³-hybridized carbons (Fsp3) is 0.500. The molecule has 0 bridgehead atoms. The van der Waals surface area contributed by atoms with Crippen LogP contribution in [0.4, 0.5) is 5.69 Å². The van der Waals surface area contributed by atoms with Gasteiger partial charge >= 0.3 is 0 Å². The molecule has 3 heterocycles. The van der Waals surface area contributed by atoms with E-state index in [1.165, 1.54) is 4.90 Å². The second-order valence-corrected chi connectivity index (χ2v) is 21.9. The van der Waals surface area contributed by atoms with Crippen molar-refractivity contribution >= 4 is 52.3 Å². The summed E-state index contributed by atoms with van der Waals surface area (Å²) in [7, 11) is 0. The Kier molecular flexibility index (Phi) is 15.8. The number of anilines is 1. The lowest BCUT2D eigenvalue weighted by atomic mass is 9.49. The number of nitriles is 1. The van der Waals surface area contributed by atoms with Crippen LogP contribution in [-0.2, 0) is 25.7 Å². The molecule has 3 atom stereocenters. The molecular weight excluding hydrogens is 916 g/mol. The summed E-state index contributed by atoms with van der Waals surface area (Å²) in [4.78, 5) is 65.6. The number of hydrogen-bond acceptors (Lipinski definition) is 12. The van der Waals surface area contributed by atoms with Crippen LogP contribution in [0, 0.1) is 34.5 Å². The molecule has 4 amide bonds. The van der Waals surface area contributed by atoms with Crippen LogP contribution in [0.25, 0.3) is 10.4 Å². The van der Waals surface area contributed by atoms with Crippen LogP contribution in [0.3, 0.4) is 0 Å². The number of β-amino-alcohol motifs (C(OH)–C–C–N with tert-alkyl or cyclic N) is 1. The Morgan fingerprint density at radius 1 is 0.986 bits per heavy atom. The smallest absolute Gasteiger partial charge is 0.251 e. The number of likely N-dealkylation sites (tertiary alicyclic amines) is 1. The summed E-state index contributed by atoms with van der Waals surface area (Å²) in [5.41, 5.74) is 5.27. The number of nitrogens with one attached hydrogen (secondary N) is 3. The minimum Gasteiger partial charge on any atom is -0.489 e. The molecule has 3 aliphatic rings. The van der Waals surface area contributed by atoms with Crippen LogP contribution >= 0.6 is 22.9 Å². The van der Waals surface area contributed by atoms with Gasteiger partial charge in [-0.15, -0.1) is 11.3 Å². The van der Waals surface area contributed by atoms with Crippen LogP contribution in [0.15, 0.2) is 72.2 Å². The predicted molar refractivity (Wildman–Crippen MR) is 267 cm³/mol. The number of amides is 4. The first-order valence-corrected chi connectivity index (χ1v) is 24.8. The molecule has 17 heteroatoms. The van der Waals surface area contributed by atoms with E-state index >= 15 is 0 Å². The van der Waals surface area contributed by atoms with Gasteiger partial charge in [-0.3, -0.25) is 24.1 Å². The second kappa shape index (κ2) is 21.2.